The average molecular weight is 502 g/mol. The van der Waals surface area contributed by atoms with Crippen LogP contribution in [-0.2, 0) is 14.3 Å². The second-order valence-corrected chi connectivity index (χ2v) is 8.98. The molecule has 1 aromatic carbocycles. The number of rotatable bonds is 9. The van der Waals surface area contributed by atoms with Crippen LogP contribution in [0.1, 0.15) is 59.2 Å². The van der Waals surface area contributed by atoms with Crippen LogP contribution in [0.2, 0.25) is 5.02 Å². The number of hydrogen-bond donors (Lipinski definition) is 2. The lowest BCUT2D eigenvalue weighted by molar-refractivity contribution is -0.140. The topological polar surface area (TPSA) is 103 Å². The Hall–Kier alpha value is -3.10. The fourth-order valence-corrected chi connectivity index (χ4v) is 4.78. The van der Waals surface area contributed by atoms with Crippen LogP contribution in [-0.4, -0.2) is 70.8 Å². The number of aromatic amines is 1. The number of aromatic nitrogens is 1. The number of aliphatic hydroxyl groups excluding tert-OH is 1. The minimum absolute atomic E-state index is 0.0122. The third-order valence-electron chi connectivity index (χ3n) is 6.56. The van der Waals surface area contributed by atoms with Crippen LogP contribution in [0.5, 0.6) is 0 Å². The number of Topliss-reactive ketones (excluding diaryl/α,β-unsaturated/α-hetero) is 1. The number of aliphatic hydroxyl groups is 1. The molecule has 1 aliphatic heterocycles. The van der Waals surface area contributed by atoms with E-state index in [4.69, 9.17) is 16.3 Å². The largest absolute Gasteiger partial charge is 0.507 e. The van der Waals surface area contributed by atoms with Crippen LogP contribution < -0.4 is 0 Å². The van der Waals surface area contributed by atoms with Crippen LogP contribution in [0.15, 0.2) is 29.8 Å². The summed E-state index contributed by atoms with van der Waals surface area (Å²) >= 11 is 6.08. The number of esters is 1. The lowest BCUT2D eigenvalue weighted by Crippen LogP contribution is -2.33. The Morgan fingerprint density at radius 3 is 2.37 bits per heavy atom. The number of ketones is 1. The molecule has 0 bridgehead atoms. The van der Waals surface area contributed by atoms with Crippen LogP contribution in [0.4, 0.5) is 0 Å². The van der Waals surface area contributed by atoms with Gasteiger partial charge in [0, 0.05) is 22.8 Å². The Kier molecular flexibility index (Phi) is 8.40. The summed E-state index contributed by atoms with van der Waals surface area (Å²) in [6.45, 7) is 10.4. The summed E-state index contributed by atoms with van der Waals surface area (Å²) in [6.07, 6.45) is 0.674. The Balaban J connectivity index is 2.11. The van der Waals surface area contributed by atoms with Gasteiger partial charge in [-0.25, -0.2) is 4.79 Å². The van der Waals surface area contributed by atoms with Crippen LogP contribution in [0.25, 0.3) is 5.76 Å². The summed E-state index contributed by atoms with van der Waals surface area (Å²) < 4.78 is 4.82. The van der Waals surface area contributed by atoms with Gasteiger partial charge in [0.2, 0.25) is 0 Å². The number of nitrogens with zero attached hydrogens (tertiary/aromatic N) is 2. The van der Waals surface area contributed by atoms with Crippen LogP contribution >= 0.6 is 11.6 Å². The zero-order valence-electron chi connectivity index (χ0n) is 20.8. The van der Waals surface area contributed by atoms with Crippen LogP contribution in [0.3, 0.4) is 0 Å². The zero-order valence-corrected chi connectivity index (χ0v) is 21.5. The van der Waals surface area contributed by atoms with E-state index in [2.05, 4.69) is 23.7 Å². The van der Waals surface area contributed by atoms with Crippen molar-refractivity contribution in [2.45, 2.75) is 40.2 Å². The quantitative estimate of drug-likeness (QED) is 0.231. The summed E-state index contributed by atoms with van der Waals surface area (Å²) in [5.74, 6) is -2.33. The SMILES string of the molecule is CCN(CC)CCCN1C(=O)C(=O)C(=C(O)c2c(C)[nH]c(C(=O)OC)c2C)[C@H]1c1ccc(Cl)cc1. The van der Waals surface area contributed by atoms with E-state index in [9.17, 15) is 19.5 Å². The maximum atomic E-state index is 13.3. The van der Waals surface area contributed by atoms with E-state index in [0.29, 0.717) is 40.4 Å². The molecule has 8 nitrogen and oxygen atoms in total. The average Bonchev–Trinajstić information content (AvgIpc) is 3.28. The van der Waals surface area contributed by atoms with Crippen molar-refractivity contribution in [3.63, 3.8) is 0 Å². The fraction of sp³-hybridized carbons (Fsp3) is 0.423. The number of amides is 1. The molecule has 35 heavy (non-hydrogen) atoms. The normalized spacial score (nSPS) is 17.5. The first-order valence-corrected chi connectivity index (χ1v) is 12.1. The minimum Gasteiger partial charge on any atom is -0.507 e. The second-order valence-electron chi connectivity index (χ2n) is 8.54. The van der Waals surface area contributed by atoms with E-state index in [-0.39, 0.29) is 17.0 Å². The summed E-state index contributed by atoms with van der Waals surface area (Å²) in [5, 5.41) is 11.9. The number of hydrogen-bond acceptors (Lipinski definition) is 6. The molecule has 1 atom stereocenters. The molecule has 0 aliphatic carbocycles. The monoisotopic (exact) mass is 501 g/mol. The molecule has 0 unspecified atom stereocenters. The first kappa shape index (κ1) is 26.5. The van der Waals surface area contributed by atoms with Crippen molar-refractivity contribution in [3.8, 4) is 0 Å². The molecule has 1 aliphatic rings. The highest BCUT2D eigenvalue weighted by Crippen LogP contribution is 2.41. The molecule has 0 saturated carbocycles. The van der Waals surface area contributed by atoms with Gasteiger partial charge in [0.15, 0.2) is 0 Å². The van der Waals surface area contributed by atoms with Crippen molar-refractivity contribution in [3.05, 3.63) is 62.9 Å². The van der Waals surface area contributed by atoms with Crippen molar-refractivity contribution < 1.29 is 24.2 Å². The summed E-state index contributed by atoms with van der Waals surface area (Å²) in [5.41, 5.74) is 2.07. The second kappa shape index (κ2) is 11.1. The van der Waals surface area contributed by atoms with Gasteiger partial charge >= 0.3 is 5.97 Å². The molecule has 0 spiro atoms. The molecular weight excluding hydrogens is 470 g/mol. The number of benzene rings is 1. The number of halogens is 1. The third-order valence-corrected chi connectivity index (χ3v) is 6.81. The number of ether oxygens (including phenoxy) is 1. The molecule has 3 rings (SSSR count). The highest BCUT2D eigenvalue weighted by Gasteiger charge is 2.46. The highest BCUT2D eigenvalue weighted by molar-refractivity contribution is 6.46. The Bertz CT molecular complexity index is 1150. The maximum Gasteiger partial charge on any atom is 0.354 e. The van der Waals surface area contributed by atoms with Crippen molar-refractivity contribution in [2.24, 2.45) is 0 Å². The molecule has 2 N–H and O–H groups in total. The standard InChI is InChI=1S/C26H32ClN3O5/c1-6-29(7-2)13-8-14-30-22(17-9-11-18(27)12-10-17)20(24(32)25(30)33)23(31)19-15(3)21(26(34)35-5)28-16(19)4/h9-12,22,28,31H,6-8,13-14H2,1-5H3/t22-/m1/s1. The van der Waals surface area contributed by atoms with Gasteiger partial charge in [0.25, 0.3) is 11.7 Å². The molecular formula is C26H32ClN3O5. The van der Waals surface area contributed by atoms with Gasteiger partial charge < -0.3 is 24.6 Å². The molecule has 2 heterocycles. The number of aryl methyl sites for hydroxylation is 1. The van der Waals surface area contributed by atoms with Crippen molar-refractivity contribution in [1.29, 1.82) is 0 Å². The fourth-order valence-electron chi connectivity index (χ4n) is 4.65. The minimum atomic E-state index is -0.778. The van der Waals surface area contributed by atoms with Gasteiger partial charge in [0.1, 0.15) is 11.5 Å². The molecule has 1 saturated heterocycles. The lowest BCUT2D eigenvalue weighted by atomic mass is 9.94. The maximum absolute atomic E-state index is 13.3. The lowest BCUT2D eigenvalue weighted by Gasteiger charge is -2.27. The first-order chi connectivity index (χ1) is 16.7. The molecule has 1 fully saturated rings. The molecule has 9 heteroatoms. The van der Waals surface area contributed by atoms with E-state index in [0.717, 1.165) is 19.6 Å². The predicted molar refractivity (Wildman–Crippen MR) is 134 cm³/mol. The van der Waals surface area contributed by atoms with Crippen molar-refractivity contribution >= 4 is 35.0 Å². The number of carbonyl (C=O) groups is 3. The van der Waals surface area contributed by atoms with Crippen LogP contribution in [0, 0.1) is 13.8 Å². The summed E-state index contributed by atoms with van der Waals surface area (Å²) in [7, 11) is 1.27. The van der Waals surface area contributed by atoms with Gasteiger partial charge in [-0.3, -0.25) is 9.59 Å². The smallest absolute Gasteiger partial charge is 0.354 e. The van der Waals surface area contributed by atoms with Crippen molar-refractivity contribution in [1.82, 2.24) is 14.8 Å². The van der Waals surface area contributed by atoms with E-state index >= 15 is 0 Å². The van der Waals surface area contributed by atoms with E-state index in [1.165, 1.54) is 12.0 Å². The van der Waals surface area contributed by atoms with Gasteiger partial charge in [-0.1, -0.05) is 37.6 Å². The van der Waals surface area contributed by atoms with E-state index in [1.807, 2.05) is 0 Å². The Morgan fingerprint density at radius 1 is 1.17 bits per heavy atom. The van der Waals surface area contributed by atoms with Gasteiger partial charge in [-0.15, -0.1) is 0 Å². The van der Waals surface area contributed by atoms with E-state index in [1.54, 1.807) is 38.1 Å². The summed E-state index contributed by atoms with van der Waals surface area (Å²) in [6, 6.07) is 6.10. The molecule has 1 aromatic heterocycles. The molecule has 2 aromatic rings. The van der Waals surface area contributed by atoms with Gasteiger partial charge in [0.05, 0.1) is 18.7 Å². The van der Waals surface area contributed by atoms with Gasteiger partial charge in [-0.05, 0) is 63.2 Å². The zero-order chi connectivity index (χ0) is 25.9. The molecule has 188 valence electrons. The van der Waals surface area contributed by atoms with Crippen molar-refractivity contribution in [2.75, 3.05) is 33.3 Å². The molecule has 1 amide bonds. The third kappa shape index (κ3) is 5.13. The predicted octanol–water partition coefficient (Wildman–Crippen LogP) is 4.23. The van der Waals surface area contributed by atoms with Gasteiger partial charge in [-0.2, -0.15) is 0 Å². The number of likely N-dealkylation sites (tertiary alicyclic amines) is 1. The Labute approximate surface area is 210 Å². The number of nitrogens with one attached hydrogen (secondary N) is 1. The first-order valence-electron chi connectivity index (χ1n) is 11.7. The number of carbonyl (C=O) groups excluding carboxylic acids is 3. The number of H-pyrrole nitrogens is 1. The van der Waals surface area contributed by atoms with E-state index < -0.39 is 23.7 Å². The number of methoxy groups -OCH3 is 1. The molecule has 0 radical (unpaired) electrons. The summed E-state index contributed by atoms with van der Waals surface area (Å²) in [4.78, 5) is 45.3. The Morgan fingerprint density at radius 2 is 1.80 bits per heavy atom. The highest BCUT2D eigenvalue weighted by atomic mass is 35.5.